The SMILES string of the molecule is CCCOc1ccc(C(NC)C2CC2C)cc1OCCC. The number of hydrogen-bond acceptors (Lipinski definition) is 3. The maximum Gasteiger partial charge on any atom is 0.161 e. The van der Waals surface area contributed by atoms with Gasteiger partial charge in [-0.3, -0.25) is 0 Å². The maximum absolute atomic E-state index is 5.89. The van der Waals surface area contributed by atoms with E-state index in [-0.39, 0.29) is 0 Å². The van der Waals surface area contributed by atoms with Crippen LogP contribution in [0.15, 0.2) is 18.2 Å². The van der Waals surface area contributed by atoms with Crippen LogP contribution in [-0.4, -0.2) is 20.3 Å². The molecule has 1 fully saturated rings. The monoisotopic (exact) mass is 291 g/mol. The second-order valence-corrected chi connectivity index (χ2v) is 6.05. The Bertz CT molecular complexity index is 447. The summed E-state index contributed by atoms with van der Waals surface area (Å²) in [6.45, 7) is 8.03. The highest BCUT2D eigenvalue weighted by Gasteiger charge is 2.39. The predicted octanol–water partition coefficient (Wildman–Crippen LogP) is 4.18. The highest BCUT2D eigenvalue weighted by atomic mass is 16.5. The Labute approximate surface area is 129 Å². The summed E-state index contributed by atoms with van der Waals surface area (Å²) in [5.74, 6) is 3.32. The summed E-state index contributed by atoms with van der Waals surface area (Å²) in [7, 11) is 2.05. The lowest BCUT2D eigenvalue weighted by Crippen LogP contribution is -2.19. The molecule has 1 aromatic rings. The van der Waals surface area contributed by atoms with Gasteiger partial charge in [-0.1, -0.05) is 26.8 Å². The lowest BCUT2D eigenvalue weighted by atomic mass is 10.0. The van der Waals surface area contributed by atoms with Gasteiger partial charge in [0.25, 0.3) is 0 Å². The molecule has 1 N–H and O–H groups in total. The Morgan fingerprint density at radius 3 is 2.29 bits per heavy atom. The predicted molar refractivity (Wildman–Crippen MR) is 87.1 cm³/mol. The standard InChI is InChI=1S/C18H29NO2/c1-5-9-20-16-8-7-14(12-17(16)21-10-6-2)18(19-4)15-11-13(15)3/h7-8,12-13,15,18-19H,5-6,9-11H2,1-4H3. The molecule has 1 aromatic carbocycles. The molecule has 1 saturated carbocycles. The Morgan fingerprint density at radius 2 is 1.76 bits per heavy atom. The fourth-order valence-electron chi connectivity index (χ4n) is 2.82. The molecular formula is C18H29NO2. The van der Waals surface area contributed by atoms with Gasteiger partial charge in [0.1, 0.15) is 0 Å². The summed E-state index contributed by atoms with van der Waals surface area (Å²) in [5, 5.41) is 3.46. The molecule has 3 atom stereocenters. The normalized spacial score (nSPS) is 21.9. The van der Waals surface area contributed by atoms with Gasteiger partial charge < -0.3 is 14.8 Å². The third-order valence-electron chi connectivity index (χ3n) is 4.16. The van der Waals surface area contributed by atoms with Crippen molar-refractivity contribution in [1.29, 1.82) is 0 Å². The van der Waals surface area contributed by atoms with Crippen LogP contribution in [0.4, 0.5) is 0 Å². The molecule has 0 amide bonds. The van der Waals surface area contributed by atoms with Crippen LogP contribution >= 0.6 is 0 Å². The zero-order chi connectivity index (χ0) is 15.2. The van der Waals surface area contributed by atoms with Crippen LogP contribution in [0.1, 0.15) is 51.6 Å². The summed E-state index contributed by atoms with van der Waals surface area (Å²) in [6.07, 6.45) is 3.32. The number of ether oxygens (including phenoxy) is 2. The van der Waals surface area contributed by atoms with Crippen LogP contribution < -0.4 is 14.8 Å². The largest absolute Gasteiger partial charge is 0.490 e. The van der Waals surface area contributed by atoms with Gasteiger partial charge in [-0.25, -0.2) is 0 Å². The first-order chi connectivity index (χ1) is 10.2. The molecule has 0 spiro atoms. The number of benzene rings is 1. The van der Waals surface area contributed by atoms with E-state index in [1.807, 2.05) is 7.05 Å². The smallest absolute Gasteiger partial charge is 0.161 e. The summed E-state index contributed by atoms with van der Waals surface area (Å²) in [4.78, 5) is 0. The first-order valence-electron chi connectivity index (χ1n) is 8.28. The molecule has 1 aliphatic carbocycles. The van der Waals surface area contributed by atoms with E-state index in [1.165, 1.54) is 12.0 Å². The molecule has 3 heteroatoms. The van der Waals surface area contributed by atoms with Gasteiger partial charge in [0.15, 0.2) is 11.5 Å². The molecule has 0 radical (unpaired) electrons. The van der Waals surface area contributed by atoms with Crippen molar-refractivity contribution in [3.05, 3.63) is 23.8 Å². The van der Waals surface area contributed by atoms with Crippen molar-refractivity contribution in [2.45, 2.75) is 46.1 Å². The average molecular weight is 291 g/mol. The van der Waals surface area contributed by atoms with E-state index in [2.05, 4.69) is 44.3 Å². The molecule has 0 heterocycles. The van der Waals surface area contributed by atoms with Crippen molar-refractivity contribution in [1.82, 2.24) is 5.32 Å². The van der Waals surface area contributed by atoms with Crippen molar-refractivity contribution in [2.24, 2.45) is 11.8 Å². The Kier molecular flexibility index (Phi) is 5.92. The van der Waals surface area contributed by atoms with Crippen molar-refractivity contribution >= 4 is 0 Å². The highest BCUT2D eigenvalue weighted by Crippen LogP contribution is 2.47. The van der Waals surface area contributed by atoms with Crippen molar-refractivity contribution in [2.75, 3.05) is 20.3 Å². The third kappa shape index (κ3) is 4.13. The summed E-state index contributed by atoms with van der Waals surface area (Å²) < 4.78 is 11.7. The molecule has 118 valence electrons. The van der Waals surface area contributed by atoms with Gasteiger partial charge in [-0.15, -0.1) is 0 Å². The lowest BCUT2D eigenvalue weighted by molar-refractivity contribution is 0.267. The quantitative estimate of drug-likeness (QED) is 0.740. The van der Waals surface area contributed by atoms with Gasteiger partial charge in [0, 0.05) is 6.04 Å². The number of nitrogens with one attached hydrogen (secondary N) is 1. The van der Waals surface area contributed by atoms with Crippen LogP contribution in [0.5, 0.6) is 11.5 Å². The lowest BCUT2D eigenvalue weighted by Gasteiger charge is -2.19. The highest BCUT2D eigenvalue weighted by molar-refractivity contribution is 5.44. The Balaban J connectivity index is 2.18. The van der Waals surface area contributed by atoms with Crippen LogP contribution in [0, 0.1) is 11.8 Å². The van der Waals surface area contributed by atoms with E-state index in [9.17, 15) is 0 Å². The van der Waals surface area contributed by atoms with E-state index < -0.39 is 0 Å². The van der Waals surface area contributed by atoms with Gasteiger partial charge in [0.05, 0.1) is 13.2 Å². The summed E-state index contributed by atoms with van der Waals surface area (Å²) >= 11 is 0. The number of rotatable bonds is 9. The fourth-order valence-corrected chi connectivity index (χ4v) is 2.82. The van der Waals surface area contributed by atoms with Crippen LogP contribution in [0.3, 0.4) is 0 Å². The van der Waals surface area contributed by atoms with Gasteiger partial charge in [-0.2, -0.15) is 0 Å². The van der Waals surface area contributed by atoms with Crippen LogP contribution in [0.25, 0.3) is 0 Å². The van der Waals surface area contributed by atoms with E-state index in [4.69, 9.17) is 9.47 Å². The van der Waals surface area contributed by atoms with Crippen molar-refractivity contribution in [3.8, 4) is 11.5 Å². The molecule has 3 nitrogen and oxygen atoms in total. The molecule has 0 bridgehead atoms. The van der Waals surface area contributed by atoms with Gasteiger partial charge in [-0.05, 0) is 55.8 Å². The van der Waals surface area contributed by atoms with Gasteiger partial charge >= 0.3 is 0 Å². The summed E-state index contributed by atoms with van der Waals surface area (Å²) in [6, 6.07) is 6.82. The molecule has 2 rings (SSSR count). The second-order valence-electron chi connectivity index (χ2n) is 6.05. The topological polar surface area (TPSA) is 30.5 Å². The zero-order valence-electron chi connectivity index (χ0n) is 13.8. The minimum Gasteiger partial charge on any atom is -0.490 e. The molecule has 21 heavy (non-hydrogen) atoms. The van der Waals surface area contributed by atoms with Crippen LogP contribution in [0.2, 0.25) is 0 Å². The summed E-state index contributed by atoms with van der Waals surface area (Å²) in [5.41, 5.74) is 1.31. The second kappa shape index (κ2) is 7.69. The van der Waals surface area contributed by atoms with E-state index in [0.717, 1.165) is 49.4 Å². The van der Waals surface area contributed by atoms with Gasteiger partial charge in [0.2, 0.25) is 0 Å². The molecule has 0 aromatic heterocycles. The Hall–Kier alpha value is -1.22. The zero-order valence-corrected chi connectivity index (χ0v) is 13.8. The maximum atomic E-state index is 5.89. The van der Waals surface area contributed by atoms with Crippen molar-refractivity contribution < 1.29 is 9.47 Å². The first-order valence-corrected chi connectivity index (χ1v) is 8.28. The molecular weight excluding hydrogens is 262 g/mol. The Morgan fingerprint density at radius 1 is 1.14 bits per heavy atom. The van der Waals surface area contributed by atoms with E-state index in [1.54, 1.807) is 0 Å². The molecule has 0 saturated heterocycles. The molecule has 1 aliphatic rings. The number of hydrogen-bond donors (Lipinski definition) is 1. The minimum absolute atomic E-state index is 0.421. The first kappa shape index (κ1) is 16.2. The molecule has 3 unspecified atom stereocenters. The van der Waals surface area contributed by atoms with E-state index in [0.29, 0.717) is 6.04 Å². The third-order valence-corrected chi connectivity index (χ3v) is 4.16. The minimum atomic E-state index is 0.421. The van der Waals surface area contributed by atoms with Crippen molar-refractivity contribution in [3.63, 3.8) is 0 Å². The van der Waals surface area contributed by atoms with E-state index >= 15 is 0 Å². The van der Waals surface area contributed by atoms with Crippen LogP contribution in [-0.2, 0) is 0 Å². The fraction of sp³-hybridized carbons (Fsp3) is 0.667. The molecule has 0 aliphatic heterocycles. The average Bonchev–Trinajstić information content (AvgIpc) is 3.21.